The van der Waals surface area contributed by atoms with E-state index in [0.29, 0.717) is 0 Å². The Hall–Kier alpha value is -3.06. The maximum Gasteiger partial charge on any atom is 0.0374 e. The van der Waals surface area contributed by atoms with Gasteiger partial charge in [-0.15, -0.1) is 6.58 Å². The maximum absolute atomic E-state index is 4.28. The molecule has 1 aliphatic heterocycles. The number of likely N-dealkylation sites (tertiary alicyclic amines) is 1. The third kappa shape index (κ3) is 18.6. The van der Waals surface area contributed by atoms with E-state index in [1.807, 2.05) is 46.8 Å². The summed E-state index contributed by atoms with van der Waals surface area (Å²) in [5, 5.41) is 0. The van der Waals surface area contributed by atoms with Crippen molar-refractivity contribution in [1.82, 2.24) is 4.90 Å². The van der Waals surface area contributed by atoms with Crippen molar-refractivity contribution in [1.29, 1.82) is 0 Å². The molecule has 1 nitrogen and oxygen atoms in total. The standard InChI is InChI=1S/C19H31N.C13H18.C5H8.C4H8.C2H6/c1-9-18-12-13-20(19(18,7)8)17(6)16(5)11-10-15(4)14(2)3;1-5-11(3)12(4)13-8-6-10(2)7-9-13;1-3-5-4-2;1-4(2)3;1-2/h10-11,18H,5-6,9,12-13H2,1-4,7-8H3;6-9H,5H2,1-4H3;3-5H,1H2,2H3;1H2,2-3H3;1-2H3/b11-10-;12-11-;5-4-;;. The fourth-order valence-corrected chi connectivity index (χ4v) is 4.45. The summed E-state index contributed by atoms with van der Waals surface area (Å²) in [4.78, 5) is 2.44. The van der Waals surface area contributed by atoms with E-state index in [4.69, 9.17) is 0 Å². The van der Waals surface area contributed by atoms with E-state index in [2.05, 4.69) is 137 Å². The Morgan fingerprint density at radius 3 is 1.75 bits per heavy atom. The molecular weight excluding hydrogens is 530 g/mol. The first-order chi connectivity index (χ1) is 20.5. The molecule has 248 valence electrons. The van der Waals surface area contributed by atoms with Crippen molar-refractivity contribution in [3.63, 3.8) is 0 Å². The molecule has 44 heavy (non-hydrogen) atoms. The average Bonchev–Trinajstić information content (AvgIpc) is 3.29. The topological polar surface area (TPSA) is 3.24 Å². The fourth-order valence-electron chi connectivity index (χ4n) is 4.45. The zero-order valence-corrected chi connectivity index (χ0v) is 31.9. The van der Waals surface area contributed by atoms with Crippen LogP contribution < -0.4 is 0 Å². The molecule has 1 aromatic rings. The highest BCUT2D eigenvalue weighted by Crippen LogP contribution is 2.40. The summed E-state index contributed by atoms with van der Waals surface area (Å²) >= 11 is 0. The molecule has 0 radical (unpaired) electrons. The molecule has 1 aliphatic rings. The Balaban J connectivity index is -0.000000596. The summed E-state index contributed by atoms with van der Waals surface area (Å²) in [6.45, 7) is 48.6. The van der Waals surface area contributed by atoms with Gasteiger partial charge in [-0.1, -0.05) is 136 Å². The highest BCUT2D eigenvalue weighted by Gasteiger charge is 2.40. The van der Waals surface area contributed by atoms with Crippen molar-refractivity contribution in [2.75, 3.05) is 6.54 Å². The molecule has 0 bridgehead atoms. The zero-order chi connectivity index (χ0) is 35.0. The van der Waals surface area contributed by atoms with E-state index < -0.39 is 0 Å². The van der Waals surface area contributed by atoms with Gasteiger partial charge in [0.05, 0.1) is 0 Å². The minimum atomic E-state index is 0.189. The average molecular weight is 602 g/mol. The van der Waals surface area contributed by atoms with Crippen molar-refractivity contribution in [3.8, 4) is 0 Å². The Labute approximate surface area is 276 Å². The maximum atomic E-state index is 4.28. The quantitative estimate of drug-likeness (QED) is 0.212. The normalized spacial score (nSPS) is 15.2. The summed E-state index contributed by atoms with van der Waals surface area (Å²) in [5.41, 5.74) is 11.7. The highest BCUT2D eigenvalue weighted by molar-refractivity contribution is 5.66. The summed E-state index contributed by atoms with van der Waals surface area (Å²) in [7, 11) is 0. The second kappa shape index (κ2) is 25.3. The second-order valence-electron chi connectivity index (χ2n) is 12.3. The zero-order valence-electron chi connectivity index (χ0n) is 31.9. The number of rotatable bonds is 8. The van der Waals surface area contributed by atoms with Gasteiger partial charge in [0.2, 0.25) is 0 Å². The summed E-state index contributed by atoms with van der Waals surface area (Å²) < 4.78 is 0. The van der Waals surface area contributed by atoms with Gasteiger partial charge in [-0.3, -0.25) is 0 Å². The van der Waals surface area contributed by atoms with Gasteiger partial charge < -0.3 is 4.90 Å². The molecule has 1 aromatic carbocycles. The lowest BCUT2D eigenvalue weighted by molar-refractivity contribution is 0.181. The first kappa shape index (κ1) is 45.4. The molecule has 0 saturated carbocycles. The summed E-state index contributed by atoms with van der Waals surface area (Å²) in [5.74, 6) is 0.746. The van der Waals surface area contributed by atoms with Crippen LogP contribution in [-0.4, -0.2) is 17.0 Å². The van der Waals surface area contributed by atoms with Gasteiger partial charge in [-0.05, 0) is 112 Å². The monoisotopic (exact) mass is 602 g/mol. The van der Waals surface area contributed by atoms with E-state index in [9.17, 15) is 0 Å². The molecule has 0 amide bonds. The van der Waals surface area contributed by atoms with Crippen molar-refractivity contribution >= 4 is 5.57 Å². The van der Waals surface area contributed by atoms with Gasteiger partial charge >= 0.3 is 0 Å². The Morgan fingerprint density at radius 1 is 0.909 bits per heavy atom. The molecule has 0 aliphatic carbocycles. The van der Waals surface area contributed by atoms with Gasteiger partial charge in [0.25, 0.3) is 0 Å². The SMILES string of the molecule is C=C(/C=C\C(C)=C(C)C)C(=C)N1CCC(CC)C1(C)C.C=C(C)C.C=C/C=C\C.CC.CC/C(C)=C(/C)c1ccc(C)cc1. The van der Waals surface area contributed by atoms with Crippen molar-refractivity contribution in [2.24, 2.45) is 5.92 Å². The molecule has 1 unspecified atom stereocenters. The number of hydrogen-bond donors (Lipinski definition) is 0. The molecule has 1 fully saturated rings. The fraction of sp³-hybridized carbons (Fsp3) is 0.488. The van der Waals surface area contributed by atoms with E-state index >= 15 is 0 Å². The van der Waals surface area contributed by atoms with E-state index in [1.54, 1.807) is 6.08 Å². The Morgan fingerprint density at radius 2 is 1.41 bits per heavy atom. The summed E-state index contributed by atoms with van der Waals surface area (Å²) in [6, 6.07) is 8.73. The van der Waals surface area contributed by atoms with Gasteiger partial charge in [0, 0.05) is 17.8 Å². The first-order valence-corrected chi connectivity index (χ1v) is 16.6. The van der Waals surface area contributed by atoms with Gasteiger partial charge in [-0.2, -0.15) is 0 Å². The van der Waals surface area contributed by atoms with Crippen molar-refractivity contribution in [3.05, 3.63) is 126 Å². The van der Waals surface area contributed by atoms with Crippen LogP contribution in [0, 0.1) is 12.8 Å². The molecule has 1 saturated heterocycles. The number of allylic oxidation sites excluding steroid dienone is 10. The van der Waals surface area contributed by atoms with Gasteiger partial charge in [0.15, 0.2) is 0 Å². The summed E-state index contributed by atoms with van der Waals surface area (Å²) in [6.07, 6.45) is 13.4. The number of benzene rings is 1. The van der Waals surface area contributed by atoms with E-state index in [0.717, 1.165) is 30.2 Å². The molecule has 2 rings (SSSR count). The number of hydrogen-bond acceptors (Lipinski definition) is 1. The smallest absolute Gasteiger partial charge is 0.0374 e. The molecule has 0 aromatic heterocycles. The Bertz CT molecular complexity index is 1100. The molecular formula is C43H71N. The van der Waals surface area contributed by atoms with Crippen molar-refractivity contribution in [2.45, 2.75) is 129 Å². The van der Waals surface area contributed by atoms with E-state index in [-0.39, 0.29) is 5.54 Å². The molecule has 0 spiro atoms. The van der Waals surface area contributed by atoms with E-state index in [1.165, 1.54) is 51.8 Å². The largest absolute Gasteiger partial charge is 0.366 e. The molecule has 1 atom stereocenters. The van der Waals surface area contributed by atoms with Crippen LogP contribution in [0.15, 0.2) is 115 Å². The molecule has 1 heteroatoms. The highest BCUT2D eigenvalue weighted by atomic mass is 15.2. The van der Waals surface area contributed by atoms with Gasteiger partial charge in [0.1, 0.15) is 0 Å². The van der Waals surface area contributed by atoms with Crippen LogP contribution in [0.5, 0.6) is 0 Å². The van der Waals surface area contributed by atoms with Crippen LogP contribution in [0.2, 0.25) is 0 Å². The van der Waals surface area contributed by atoms with Crippen LogP contribution in [0.25, 0.3) is 5.57 Å². The van der Waals surface area contributed by atoms with Crippen LogP contribution in [0.4, 0.5) is 0 Å². The van der Waals surface area contributed by atoms with Crippen LogP contribution in [0.1, 0.15) is 127 Å². The lowest BCUT2D eigenvalue weighted by Gasteiger charge is -2.39. The molecule has 1 heterocycles. The number of nitrogens with zero attached hydrogens (tertiary/aromatic N) is 1. The lowest BCUT2D eigenvalue weighted by Crippen LogP contribution is -2.41. The lowest BCUT2D eigenvalue weighted by atomic mass is 9.86. The number of aryl methyl sites for hydroxylation is 1. The van der Waals surface area contributed by atoms with Gasteiger partial charge in [-0.25, -0.2) is 0 Å². The Kier molecular flexibility index (Phi) is 26.1. The van der Waals surface area contributed by atoms with Crippen molar-refractivity contribution < 1.29 is 0 Å². The third-order valence-electron chi connectivity index (χ3n) is 7.89. The van der Waals surface area contributed by atoms with Crippen LogP contribution in [0.3, 0.4) is 0 Å². The minimum absolute atomic E-state index is 0.189. The molecule has 0 N–H and O–H groups in total. The second-order valence-corrected chi connectivity index (χ2v) is 12.3. The van der Waals surface area contributed by atoms with Crippen LogP contribution >= 0.6 is 0 Å². The van der Waals surface area contributed by atoms with Crippen LogP contribution in [-0.2, 0) is 0 Å². The first-order valence-electron chi connectivity index (χ1n) is 16.6. The third-order valence-corrected chi connectivity index (χ3v) is 7.89. The minimum Gasteiger partial charge on any atom is -0.366 e. The predicted molar refractivity (Wildman–Crippen MR) is 207 cm³/mol. The predicted octanol–water partition coefficient (Wildman–Crippen LogP) is 14.0.